The first-order valence-corrected chi connectivity index (χ1v) is 11.9. The van der Waals surface area contributed by atoms with Gasteiger partial charge in [-0.1, -0.05) is 60.3 Å². The summed E-state index contributed by atoms with van der Waals surface area (Å²) in [6.45, 7) is 0. The molecule has 10 heteroatoms. The maximum Gasteiger partial charge on any atom is 0.250 e. The van der Waals surface area contributed by atoms with E-state index in [0.717, 1.165) is 11.3 Å². The molecule has 0 radical (unpaired) electrons. The number of carbonyl (C=O) groups excluding carboxylic acids is 1. The number of hydrogen-bond donors (Lipinski definition) is 1. The highest BCUT2D eigenvalue weighted by molar-refractivity contribution is 7.99. The number of nitrogens with zero attached hydrogens (tertiary/aromatic N) is 4. The van der Waals surface area contributed by atoms with E-state index in [1.165, 1.54) is 32.2 Å². The molecule has 4 rings (SSSR count). The van der Waals surface area contributed by atoms with Crippen LogP contribution in [0.4, 0.5) is 0 Å². The topological polar surface area (TPSA) is 99.9 Å². The maximum atomic E-state index is 12.6. The van der Waals surface area contributed by atoms with Gasteiger partial charge in [0.1, 0.15) is 17.2 Å². The van der Waals surface area contributed by atoms with Crippen molar-refractivity contribution in [3.8, 4) is 34.3 Å². The number of rotatable bonds is 10. The van der Waals surface area contributed by atoms with Crippen molar-refractivity contribution in [1.82, 2.24) is 20.2 Å². The summed E-state index contributed by atoms with van der Waals surface area (Å²) in [6, 6.07) is 23.0. The Morgan fingerprint density at radius 1 is 0.944 bits per heavy atom. The molecule has 0 fully saturated rings. The van der Waals surface area contributed by atoms with Gasteiger partial charge in [0, 0.05) is 23.4 Å². The van der Waals surface area contributed by atoms with Crippen molar-refractivity contribution < 1.29 is 19.0 Å². The number of hydrogen-bond acceptors (Lipinski definition) is 8. The number of para-hydroxylation sites is 1. The smallest absolute Gasteiger partial charge is 0.250 e. The molecule has 4 aromatic rings. The van der Waals surface area contributed by atoms with Crippen molar-refractivity contribution >= 4 is 23.9 Å². The highest BCUT2D eigenvalue weighted by Gasteiger charge is 2.17. The Morgan fingerprint density at radius 3 is 2.19 bits per heavy atom. The lowest BCUT2D eigenvalue weighted by Gasteiger charge is -2.12. The Bertz CT molecular complexity index is 1320. The minimum atomic E-state index is -0.299. The third kappa shape index (κ3) is 5.66. The van der Waals surface area contributed by atoms with Crippen molar-refractivity contribution in [2.45, 2.75) is 5.16 Å². The molecule has 0 aliphatic heterocycles. The molecular weight excluding hydrogens is 478 g/mol. The van der Waals surface area contributed by atoms with E-state index in [2.05, 4.69) is 20.7 Å². The predicted octanol–water partition coefficient (Wildman–Crippen LogP) is 4.20. The number of amides is 1. The molecule has 0 saturated carbocycles. The zero-order valence-corrected chi connectivity index (χ0v) is 20.9. The lowest BCUT2D eigenvalue weighted by atomic mass is 10.2. The number of thioether (sulfide) groups is 1. The lowest BCUT2D eigenvalue weighted by Crippen LogP contribution is -2.20. The molecule has 1 heterocycles. The highest BCUT2D eigenvalue weighted by Crippen LogP contribution is 2.32. The van der Waals surface area contributed by atoms with E-state index < -0.39 is 0 Å². The normalized spacial score (nSPS) is 10.9. The van der Waals surface area contributed by atoms with Gasteiger partial charge in [0.25, 0.3) is 5.91 Å². The number of benzene rings is 3. The maximum absolute atomic E-state index is 12.6. The summed E-state index contributed by atoms with van der Waals surface area (Å²) in [5, 5.41) is 13.4. The van der Waals surface area contributed by atoms with Crippen LogP contribution >= 0.6 is 11.8 Å². The molecule has 1 amide bonds. The third-order valence-corrected chi connectivity index (χ3v) is 6.08. The van der Waals surface area contributed by atoms with Crippen molar-refractivity contribution in [2.24, 2.45) is 5.10 Å². The Labute approximate surface area is 213 Å². The highest BCUT2D eigenvalue weighted by atomic mass is 32.2. The van der Waals surface area contributed by atoms with Gasteiger partial charge in [-0.15, -0.1) is 10.2 Å². The van der Waals surface area contributed by atoms with E-state index in [9.17, 15) is 4.79 Å². The van der Waals surface area contributed by atoms with Gasteiger partial charge in [0.15, 0.2) is 11.0 Å². The van der Waals surface area contributed by atoms with Crippen LogP contribution in [-0.4, -0.2) is 54.0 Å². The number of nitrogens with one attached hydrogen (secondary N) is 1. The number of carbonyl (C=O) groups is 1. The second kappa shape index (κ2) is 11.9. The molecule has 0 saturated heterocycles. The fraction of sp³-hybridized carbons (Fsp3) is 0.154. The summed E-state index contributed by atoms with van der Waals surface area (Å²) in [6.07, 6.45) is 1.47. The Morgan fingerprint density at radius 2 is 1.58 bits per heavy atom. The molecule has 0 unspecified atom stereocenters. The molecule has 0 bridgehead atoms. The SMILES string of the molecule is COc1cc(OC)c(/C=N/NC(=O)CSc2nnc(-c3ccccc3)n2-c2ccccc2)c(OC)c1. The number of ether oxygens (including phenoxy) is 3. The van der Waals surface area contributed by atoms with Crippen LogP contribution in [0.3, 0.4) is 0 Å². The van der Waals surface area contributed by atoms with Crippen molar-refractivity contribution in [3.63, 3.8) is 0 Å². The fourth-order valence-electron chi connectivity index (χ4n) is 3.44. The van der Waals surface area contributed by atoms with Crippen LogP contribution in [0.2, 0.25) is 0 Å². The molecule has 1 N–H and O–H groups in total. The van der Waals surface area contributed by atoms with Gasteiger partial charge in [0.2, 0.25) is 0 Å². The third-order valence-electron chi connectivity index (χ3n) is 5.15. The Balaban J connectivity index is 1.49. The zero-order valence-electron chi connectivity index (χ0n) is 20.0. The quantitative estimate of drug-likeness (QED) is 0.197. The van der Waals surface area contributed by atoms with E-state index in [4.69, 9.17) is 14.2 Å². The van der Waals surface area contributed by atoms with Crippen LogP contribution in [0, 0.1) is 0 Å². The van der Waals surface area contributed by atoms with Crippen molar-refractivity contribution in [3.05, 3.63) is 78.4 Å². The van der Waals surface area contributed by atoms with Gasteiger partial charge in [-0.25, -0.2) is 5.43 Å². The first-order valence-electron chi connectivity index (χ1n) is 11.0. The van der Waals surface area contributed by atoms with Crippen LogP contribution in [-0.2, 0) is 4.79 Å². The predicted molar refractivity (Wildman–Crippen MR) is 139 cm³/mol. The molecule has 184 valence electrons. The van der Waals surface area contributed by atoms with Gasteiger partial charge >= 0.3 is 0 Å². The van der Waals surface area contributed by atoms with Crippen molar-refractivity contribution in [1.29, 1.82) is 0 Å². The average Bonchev–Trinajstić information content (AvgIpc) is 3.36. The van der Waals surface area contributed by atoms with Crippen LogP contribution in [0.1, 0.15) is 5.56 Å². The molecule has 1 aromatic heterocycles. The molecule has 9 nitrogen and oxygen atoms in total. The van der Waals surface area contributed by atoms with E-state index in [1.807, 2.05) is 65.2 Å². The van der Waals surface area contributed by atoms with E-state index in [-0.39, 0.29) is 11.7 Å². The molecule has 0 aliphatic carbocycles. The molecular formula is C26H25N5O4S. The summed E-state index contributed by atoms with van der Waals surface area (Å²) >= 11 is 1.27. The number of methoxy groups -OCH3 is 3. The molecule has 0 atom stereocenters. The minimum absolute atomic E-state index is 0.0912. The second-order valence-corrected chi connectivity index (χ2v) is 8.31. The fourth-order valence-corrected chi connectivity index (χ4v) is 4.18. The van der Waals surface area contributed by atoms with Crippen molar-refractivity contribution in [2.75, 3.05) is 27.1 Å². The summed E-state index contributed by atoms with van der Waals surface area (Å²) in [5.41, 5.74) is 4.95. The number of aromatic nitrogens is 3. The van der Waals surface area contributed by atoms with E-state index in [0.29, 0.717) is 33.8 Å². The Hall–Kier alpha value is -4.31. The minimum Gasteiger partial charge on any atom is -0.496 e. The summed E-state index contributed by atoms with van der Waals surface area (Å²) < 4.78 is 18.0. The lowest BCUT2D eigenvalue weighted by molar-refractivity contribution is -0.118. The standard InChI is InChI=1S/C26H25N5O4S/c1-33-20-14-22(34-2)21(23(15-20)35-3)16-27-28-24(32)17-36-26-30-29-25(18-10-6-4-7-11-18)31(26)19-12-8-5-9-13-19/h4-16H,17H2,1-3H3,(H,28,32)/b27-16+. The average molecular weight is 504 g/mol. The van der Waals surface area contributed by atoms with Crippen LogP contribution in [0.5, 0.6) is 17.2 Å². The van der Waals surface area contributed by atoms with E-state index in [1.54, 1.807) is 19.2 Å². The van der Waals surface area contributed by atoms with Crippen LogP contribution < -0.4 is 19.6 Å². The Kier molecular flexibility index (Phi) is 8.20. The molecule has 3 aromatic carbocycles. The number of hydrazone groups is 1. The molecule has 0 aliphatic rings. The first kappa shape index (κ1) is 24.8. The van der Waals surface area contributed by atoms with Gasteiger partial charge < -0.3 is 14.2 Å². The van der Waals surface area contributed by atoms with Gasteiger partial charge in [0.05, 0.1) is 38.9 Å². The molecule has 36 heavy (non-hydrogen) atoms. The second-order valence-electron chi connectivity index (χ2n) is 7.37. The first-order chi connectivity index (χ1) is 17.6. The summed E-state index contributed by atoms with van der Waals surface area (Å²) in [5.74, 6) is 2.08. The molecule has 0 spiro atoms. The van der Waals surface area contributed by atoms with Gasteiger partial charge in [-0.2, -0.15) is 5.10 Å². The van der Waals surface area contributed by atoms with Crippen LogP contribution in [0.25, 0.3) is 17.1 Å². The monoisotopic (exact) mass is 503 g/mol. The van der Waals surface area contributed by atoms with Gasteiger partial charge in [-0.3, -0.25) is 9.36 Å². The van der Waals surface area contributed by atoms with E-state index >= 15 is 0 Å². The summed E-state index contributed by atoms with van der Waals surface area (Å²) in [7, 11) is 4.63. The summed E-state index contributed by atoms with van der Waals surface area (Å²) in [4.78, 5) is 12.6. The largest absolute Gasteiger partial charge is 0.496 e. The zero-order chi connectivity index (χ0) is 25.3. The van der Waals surface area contributed by atoms with Crippen LogP contribution in [0.15, 0.2) is 83.1 Å². The van der Waals surface area contributed by atoms with Gasteiger partial charge in [-0.05, 0) is 12.1 Å².